The van der Waals surface area contributed by atoms with Crippen LogP contribution >= 0.6 is 0 Å². The molecule has 46 valence electrons. The van der Waals surface area contributed by atoms with Crippen LogP contribution in [-0.2, 0) is 4.79 Å². The number of amides is 1. The Morgan fingerprint density at radius 2 is 2.44 bits per heavy atom. The molecule has 0 bridgehead atoms. The number of likely N-dealkylation sites (tertiary alicyclic amines) is 1. The van der Waals surface area contributed by atoms with Gasteiger partial charge in [0, 0.05) is 13.0 Å². The smallest absolute Gasteiger partial charge is 1.00 e. The molecule has 2 nitrogen and oxygen atoms in total. The Labute approximate surface area is 68.6 Å². The van der Waals surface area contributed by atoms with E-state index in [1.165, 1.54) is 0 Å². The van der Waals surface area contributed by atoms with Crippen molar-refractivity contribution in [3.05, 3.63) is 12.8 Å². The summed E-state index contributed by atoms with van der Waals surface area (Å²) in [5, 5.41) is 0. The number of rotatable bonds is 1. The van der Waals surface area contributed by atoms with Gasteiger partial charge >= 0.3 is 18.9 Å². The van der Waals surface area contributed by atoms with Gasteiger partial charge in [0.15, 0.2) is 0 Å². The zero-order chi connectivity index (χ0) is 5.98. The van der Waals surface area contributed by atoms with Crippen molar-refractivity contribution < 1.29 is 25.1 Å². The van der Waals surface area contributed by atoms with Crippen molar-refractivity contribution in [3.8, 4) is 0 Å². The Morgan fingerprint density at radius 3 is 2.67 bits per heavy atom. The third-order valence-corrected chi connectivity index (χ3v) is 1.33. The van der Waals surface area contributed by atoms with E-state index >= 15 is 0 Å². The van der Waals surface area contributed by atoms with Gasteiger partial charge in [-0.2, -0.15) is 0 Å². The Bertz CT molecular complexity index is 129. The second kappa shape index (κ2) is 3.76. The van der Waals surface area contributed by atoms with Crippen LogP contribution in [0.5, 0.6) is 0 Å². The topological polar surface area (TPSA) is 20.3 Å². The molecule has 0 aromatic carbocycles. The summed E-state index contributed by atoms with van der Waals surface area (Å²) in [4.78, 5) is 12.3. The van der Waals surface area contributed by atoms with E-state index in [-0.39, 0.29) is 26.2 Å². The minimum atomic E-state index is 0. The van der Waals surface area contributed by atoms with Gasteiger partial charge in [0.25, 0.3) is 0 Å². The van der Waals surface area contributed by atoms with Crippen LogP contribution in [0.15, 0.2) is 12.8 Å². The largest absolute Gasteiger partial charge is 1.00 e. The number of carbonyl (C=O) groups is 1. The third kappa shape index (κ3) is 1.89. The van der Waals surface area contributed by atoms with Gasteiger partial charge in [-0.15, -0.1) is 0 Å². The van der Waals surface area contributed by atoms with Gasteiger partial charge in [-0.3, -0.25) is 4.79 Å². The van der Waals surface area contributed by atoms with Crippen LogP contribution < -0.4 is 18.9 Å². The fourth-order valence-corrected chi connectivity index (χ4v) is 0.862. The predicted molar refractivity (Wildman–Crippen MR) is 32.3 cm³/mol. The van der Waals surface area contributed by atoms with Crippen LogP contribution in [0.4, 0.5) is 0 Å². The summed E-state index contributed by atoms with van der Waals surface area (Å²) in [7, 11) is 0. The van der Waals surface area contributed by atoms with Crippen molar-refractivity contribution in [1.82, 2.24) is 4.90 Å². The standard InChI is InChI=1S/C6H9NO.Li.H/c1-2-7-5-3-4-6(7)8;;/h2H,1,3-5H2;;/q;+1;-1. The number of hydrogen-bond acceptors (Lipinski definition) is 1. The third-order valence-electron chi connectivity index (χ3n) is 1.33. The predicted octanol–water partition coefficient (Wildman–Crippen LogP) is -2.13. The van der Waals surface area contributed by atoms with Crippen LogP contribution in [0, 0.1) is 0 Å². The summed E-state index contributed by atoms with van der Waals surface area (Å²) >= 11 is 0. The van der Waals surface area contributed by atoms with Gasteiger partial charge < -0.3 is 6.33 Å². The summed E-state index contributed by atoms with van der Waals surface area (Å²) in [6, 6.07) is 0. The molecule has 0 aliphatic carbocycles. The Morgan fingerprint density at radius 1 is 1.78 bits per heavy atom. The average Bonchev–Trinajstić information content (AvgIpc) is 2.14. The Kier molecular flexibility index (Phi) is 3.68. The minimum absolute atomic E-state index is 0. The van der Waals surface area contributed by atoms with Crippen LogP contribution in [0.2, 0.25) is 0 Å². The summed E-state index contributed by atoms with van der Waals surface area (Å²) in [5.41, 5.74) is 0. The van der Waals surface area contributed by atoms with Crippen LogP contribution in [-0.4, -0.2) is 17.4 Å². The molecule has 0 aromatic heterocycles. The van der Waals surface area contributed by atoms with E-state index in [0.29, 0.717) is 6.42 Å². The maximum absolute atomic E-state index is 10.7. The van der Waals surface area contributed by atoms with Gasteiger partial charge in [0.1, 0.15) is 0 Å². The zero-order valence-electron chi connectivity index (χ0n) is 6.76. The molecule has 0 unspecified atom stereocenters. The first-order chi connectivity index (χ1) is 3.84. The summed E-state index contributed by atoms with van der Waals surface area (Å²) in [5.74, 6) is 0.208. The summed E-state index contributed by atoms with van der Waals surface area (Å²) in [6.07, 6.45) is 3.28. The Hall–Kier alpha value is -0.193. The van der Waals surface area contributed by atoms with Gasteiger partial charge in [-0.1, -0.05) is 6.58 Å². The zero-order valence-corrected chi connectivity index (χ0v) is 5.76. The van der Waals surface area contributed by atoms with E-state index in [1.807, 2.05) is 0 Å². The molecule has 1 aliphatic rings. The molecule has 9 heavy (non-hydrogen) atoms. The van der Waals surface area contributed by atoms with Crippen molar-refractivity contribution in [2.24, 2.45) is 0 Å². The number of carbonyl (C=O) groups excluding carboxylic acids is 1. The van der Waals surface area contributed by atoms with E-state index in [2.05, 4.69) is 6.58 Å². The van der Waals surface area contributed by atoms with Crippen LogP contribution in [0.3, 0.4) is 0 Å². The molecule has 3 heteroatoms. The monoisotopic (exact) mass is 119 g/mol. The summed E-state index contributed by atoms with van der Waals surface area (Å²) in [6.45, 7) is 4.36. The molecule has 1 aliphatic heterocycles. The molecule has 1 saturated heterocycles. The molecule has 0 spiro atoms. The molecular weight excluding hydrogens is 109 g/mol. The first kappa shape index (κ1) is 8.81. The minimum Gasteiger partial charge on any atom is -1.00 e. The van der Waals surface area contributed by atoms with Crippen molar-refractivity contribution in [1.29, 1.82) is 0 Å². The molecule has 1 amide bonds. The second-order valence-corrected chi connectivity index (χ2v) is 1.87. The molecule has 1 fully saturated rings. The van der Waals surface area contributed by atoms with Crippen molar-refractivity contribution in [2.75, 3.05) is 6.54 Å². The Balaban J connectivity index is 0. The van der Waals surface area contributed by atoms with Gasteiger partial charge in [-0.25, -0.2) is 0 Å². The fraction of sp³-hybridized carbons (Fsp3) is 0.500. The van der Waals surface area contributed by atoms with E-state index in [1.54, 1.807) is 11.1 Å². The number of hydrogen-bond donors (Lipinski definition) is 0. The molecule has 0 atom stereocenters. The van der Waals surface area contributed by atoms with E-state index < -0.39 is 0 Å². The van der Waals surface area contributed by atoms with Gasteiger partial charge in [0.05, 0.1) is 0 Å². The van der Waals surface area contributed by atoms with Gasteiger partial charge in [-0.05, 0) is 12.6 Å². The number of nitrogens with zero attached hydrogens (tertiary/aromatic N) is 1. The fourth-order valence-electron chi connectivity index (χ4n) is 0.862. The summed E-state index contributed by atoms with van der Waals surface area (Å²) < 4.78 is 0. The maximum atomic E-state index is 10.7. The van der Waals surface area contributed by atoms with E-state index in [9.17, 15) is 4.79 Å². The van der Waals surface area contributed by atoms with E-state index in [4.69, 9.17) is 0 Å². The normalized spacial score (nSPS) is 17.3. The van der Waals surface area contributed by atoms with Crippen molar-refractivity contribution >= 4 is 5.91 Å². The van der Waals surface area contributed by atoms with Crippen molar-refractivity contribution in [3.63, 3.8) is 0 Å². The quantitative estimate of drug-likeness (QED) is 0.361. The van der Waals surface area contributed by atoms with Gasteiger partial charge in [0.2, 0.25) is 5.91 Å². The molecule has 0 radical (unpaired) electrons. The SMILES string of the molecule is C=CN1CCCC1=O.[H-].[Li+]. The molecular formula is C6H10LiNO. The molecule has 1 heterocycles. The van der Waals surface area contributed by atoms with Crippen molar-refractivity contribution in [2.45, 2.75) is 12.8 Å². The van der Waals surface area contributed by atoms with Crippen LogP contribution in [0.25, 0.3) is 0 Å². The second-order valence-electron chi connectivity index (χ2n) is 1.87. The average molecular weight is 119 g/mol. The first-order valence-electron chi connectivity index (χ1n) is 2.76. The molecule has 0 saturated carbocycles. The molecule has 1 rings (SSSR count). The molecule has 0 N–H and O–H groups in total. The molecule has 0 aromatic rings. The van der Waals surface area contributed by atoms with Crippen LogP contribution in [0.1, 0.15) is 14.3 Å². The maximum Gasteiger partial charge on any atom is 1.00 e. The first-order valence-corrected chi connectivity index (χ1v) is 2.76. The van der Waals surface area contributed by atoms with E-state index in [0.717, 1.165) is 13.0 Å².